The number of pyridine rings is 1. The summed E-state index contributed by atoms with van der Waals surface area (Å²) in [5.41, 5.74) is 0.700. The molecule has 0 bridgehead atoms. The fourth-order valence-corrected chi connectivity index (χ4v) is 1.80. The molecule has 0 aliphatic heterocycles. The van der Waals surface area contributed by atoms with Gasteiger partial charge in [-0.3, -0.25) is 4.98 Å². The Morgan fingerprint density at radius 2 is 1.95 bits per heavy atom. The second-order valence-electron chi connectivity index (χ2n) is 4.04. The number of alkyl halides is 3. The van der Waals surface area contributed by atoms with E-state index in [0.29, 0.717) is 16.8 Å². The van der Waals surface area contributed by atoms with E-state index in [1.54, 1.807) is 31.3 Å². The molecule has 19 heavy (non-hydrogen) atoms. The molecular weight excluding hydrogens is 253 g/mol. The average molecular weight is 262 g/mol. The lowest BCUT2D eigenvalue weighted by molar-refractivity contribution is -0.137. The summed E-state index contributed by atoms with van der Waals surface area (Å²) >= 11 is 0. The van der Waals surface area contributed by atoms with E-state index in [9.17, 15) is 13.2 Å². The van der Waals surface area contributed by atoms with Gasteiger partial charge >= 0.3 is 6.18 Å². The van der Waals surface area contributed by atoms with Crippen LogP contribution in [0.1, 0.15) is 16.8 Å². The maximum absolute atomic E-state index is 12.8. The standard InChI is InChI=1S/C14H9F3N2/c1-9-13(3-2-4-19-9)11-5-10(8-18)6-12(7-11)14(15,16)17/h2-7H,1H3. The summed E-state index contributed by atoms with van der Waals surface area (Å²) in [5.74, 6) is 0. The highest BCUT2D eigenvalue weighted by Gasteiger charge is 2.31. The Hall–Kier alpha value is -2.35. The van der Waals surface area contributed by atoms with Gasteiger partial charge in [-0.2, -0.15) is 18.4 Å². The zero-order valence-electron chi connectivity index (χ0n) is 9.99. The van der Waals surface area contributed by atoms with Gasteiger partial charge in [0.15, 0.2) is 0 Å². The Labute approximate surface area is 108 Å². The molecule has 0 saturated carbocycles. The summed E-state index contributed by atoms with van der Waals surface area (Å²) in [6.45, 7) is 1.71. The van der Waals surface area contributed by atoms with Crippen LogP contribution in [0.4, 0.5) is 13.2 Å². The fraction of sp³-hybridized carbons (Fsp3) is 0.143. The molecule has 0 unspecified atom stereocenters. The van der Waals surface area contributed by atoms with Crippen LogP contribution in [0.15, 0.2) is 36.5 Å². The van der Waals surface area contributed by atoms with Gasteiger partial charge in [-0.15, -0.1) is 0 Å². The fourth-order valence-electron chi connectivity index (χ4n) is 1.80. The van der Waals surface area contributed by atoms with Crippen molar-refractivity contribution < 1.29 is 13.2 Å². The Bertz CT molecular complexity index is 654. The van der Waals surface area contributed by atoms with E-state index < -0.39 is 11.7 Å². The number of nitrogens with zero attached hydrogens (tertiary/aromatic N) is 2. The molecule has 5 heteroatoms. The summed E-state index contributed by atoms with van der Waals surface area (Å²) in [7, 11) is 0. The number of halogens is 3. The second-order valence-corrected chi connectivity index (χ2v) is 4.04. The van der Waals surface area contributed by atoms with Gasteiger partial charge in [0.2, 0.25) is 0 Å². The number of nitriles is 1. The van der Waals surface area contributed by atoms with Crippen molar-refractivity contribution in [3.05, 3.63) is 53.3 Å². The highest BCUT2D eigenvalue weighted by atomic mass is 19.4. The van der Waals surface area contributed by atoms with Crippen molar-refractivity contribution in [3.8, 4) is 17.2 Å². The lowest BCUT2D eigenvalue weighted by Crippen LogP contribution is -2.05. The zero-order chi connectivity index (χ0) is 14.0. The Balaban J connectivity index is 2.66. The van der Waals surface area contributed by atoms with Crippen LogP contribution in [-0.2, 0) is 6.18 Å². The molecule has 0 aliphatic rings. The normalized spacial score (nSPS) is 11.1. The van der Waals surface area contributed by atoms with Gasteiger partial charge in [0.05, 0.1) is 17.2 Å². The lowest BCUT2D eigenvalue weighted by atomic mass is 9.99. The molecule has 1 heterocycles. The van der Waals surface area contributed by atoms with E-state index in [2.05, 4.69) is 4.98 Å². The van der Waals surface area contributed by atoms with E-state index in [4.69, 9.17) is 5.26 Å². The number of aromatic nitrogens is 1. The predicted molar refractivity (Wildman–Crippen MR) is 64.1 cm³/mol. The largest absolute Gasteiger partial charge is 0.416 e. The van der Waals surface area contributed by atoms with Crippen LogP contribution in [-0.4, -0.2) is 4.98 Å². The first kappa shape index (κ1) is 13.1. The minimum Gasteiger partial charge on any atom is -0.261 e. The summed E-state index contributed by atoms with van der Waals surface area (Å²) in [5, 5.41) is 8.84. The van der Waals surface area contributed by atoms with Crippen molar-refractivity contribution in [2.75, 3.05) is 0 Å². The highest BCUT2D eigenvalue weighted by Crippen LogP contribution is 2.33. The van der Waals surface area contributed by atoms with Crippen molar-refractivity contribution in [2.24, 2.45) is 0 Å². The van der Waals surface area contributed by atoms with Gasteiger partial charge < -0.3 is 0 Å². The average Bonchev–Trinajstić information content (AvgIpc) is 2.37. The number of hydrogen-bond donors (Lipinski definition) is 0. The summed E-state index contributed by atoms with van der Waals surface area (Å²) in [6.07, 6.45) is -2.91. The summed E-state index contributed by atoms with van der Waals surface area (Å²) < 4.78 is 38.3. The van der Waals surface area contributed by atoms with E-state index in [0.717, 1.165) is 12.1 Å². The van der Waals surface area contributed by atoms with E-state index in [1.165, 1.54) is 6.07 Å². The highest BCUT2D eigenvalue weighted by molar-refractivity contribution is 5.68. The molecule has 0 N–H and O–H groups in total. The van der Waals surface area contributed by atoms with Crippen molar-refractivity contribution in [2.45, 2.75) is 13.1 Å². The molecule has 2 rings (SSSR count). The summed E-state index contributed by atoms with van der Waals surface area (Å²) in [6, 6.07) is 8.38. The van der Waals surface area contributed by atoms with Gasteiger partial charge in [0, 0.05) is 17.5 Å². The third-order valence-electron chi connectivity index (χ3n) is 2.71. The first-order valence-corrected chi connectivity index (χ1v) is 5.46. The first-order chi connectivity index (χ1) is 8.91. The third kappa shape index (κ3) is 2.74. The molecule has 0 aliphatic carbocycles. The molecule has 2 nitrogen and oxygen atoms in total. The molecule has 0 amide bonds. The first-order valence-electron chi connectivity index (χ1n) is 5.46. The van der Waals surface area contributed by atoms with E-state index in [-0.39, 0.29) is 5.56 Å². The van der Waals surface area contributed by atoms with Crippen molar-refractivity contribution in [1.82, 2.24) is 4.98 Å². The molecule has 0 saturated heterocycles. The molecular formula is C14H9F3N2. The minimum atomic E-state index is -4.47. The Morgan fingerprint density at radius 3 is 2.53 bits per heavy atom. The topological polar surface area (TPSA) is 36.7 Å². The molecule has 0 fully saturated rings. The van der Waals surface area contributed by atoms with Crippen LogP contribution in [0.3, 0.4) is 0 Å². The molecule has 96 valence electrons. The van der Waals surface area contributed by atoms with Crippen LogP contribution >= 0.6 is 0 Å². The smallest absolute Gasteiger partial charge is 0.261 e. The summed E-state index contributed by atoms with van der Waals surface area (Å²) in [4.78, 5) is 4.04. The number of aryl methyl sites for hydroxylation is 1. The molecule has 0 spiro atoms. The molecule has 2 aromatic rings. The second kappa shape index (κ2) is 4.73. The van der Waals surface area contributed by atoms with Gasteiger partial charge in [0.1, 0.15) is 0 Å². The van der Waals surface area contributed by atoms with Gasteiger partial charge in [-0.05, 0) is 36.8 Å². The van der Waals surface area contributed by atoms with Gasteiger partial charge in [-0.25, -0.2) is 0 Å². The number of benzene rings is 1. The van der Waals surface area contributed by atoms with Crippen molar-refractivity contribution >= 4 is 0 Å². The molecule has 0 atom stereocenters. The van der Waals surface area contributed by atoms with Crippen LogP contribution in [0.5, 0.6) is 0 Å². The lowest BCUT2D eigenvalue weighted by Gasteiger charge is -2.11. The van der Waals surface area contributed by atoms with Gasteiger partial charge in [-0.1, -0.05) is 6.07 Å². The molecule has 0 radical (unpaired) electrons. The van der Waals surface area contributed by atoms with Crippen LogP contribution in [0, 0.1) is 18.3 Å². The minimum absolute atomic E-state index is 0.0203. The monoisotopic (exact) mass is 262 g/mol. The number of rotatable bonds is 1. The molecule has 1 aromatic heterocycles. The van der Waals surface area contributed by atoms with Crippen LogP contribution < -0.4 is 0 Å². The zero-order valence-corrected chi connectivity index (χ0v) is 9.99. The SMILES string of the molecule is Cc1ncccc1-c1cc(C#N)cc(C(F)(F)F)c1. The van der Waals surface area contributed by atoms with E-state index in [1.807, 2.05) is 0 Å². The Kier molecular flexibility index (Phi) is 3.26. The molecule has 1 aromatic carbocycles. The van der Waals surface area contributed by atoms with Crippen LogP contribution in [0.2, 0.25) is 0 Å². The van der Waals surface area contributed by atoms with Crippen LogP contribution in [0.25, 0.3) is 11.1 Å². The van der Waals surface area contributed by atoms with Crippen molar-refractivity contribution in [1.29, 1.82) is 5.26 Å². The maximum Gasteiger partial charge on any atom is 0.416 e. The Morgan fingerprint density at radius 1 is 1.21 bits per heavy atom. The third-order valence-corrected chi connectivity index (χ3v) is 2.71. The van der Waals surface area contributed by atoms with Gasteiger partial charge in [0.25, 0.3) is 0 Å². The quantitative estimate of drug-likeness (QED) is 0.780. The predicted octanol–water partition coefficient (Wildman–Crippen LogP) is 3.95. The number of hydrogen-bond acceptors (Lipinski definition) is 2. The maximum atomic E-state index is 12.8. The van der Waals surface area contributed by atoms with E-state index >= 15 is 0 Å². The van der Waals surface area contributed by atoms with Crippen molar-refractivity contribution in [3.63, 3.8) is 0 Å².